The predicted octanol–water partition coefficient (Wildman–Crippen LogP) is 2.34. The topological polar surface area (TPSA) is 48.4 Å². The van der Waals surface area contributed by atoms with Crippen LogP contribution in [-0.2, 0) is 15.5 Å². The Bertz CT molecular complexity index is 408. The maximum atomic E-state index is 13.4. The molecule has 0 aliphatic heterocycles. The summed E-state index contributed by atoms with van der Waals surface area (Å²) in [5.41, 5.74) is -0.900. The van der Waals surface area contributed by atoms with Crippen molar-refractivity contribution < 1.29 is 31.8 Å². The Balaban J connectivity index is 2.86. The van der Waals surface area contributed by atoms with Gasteiger partial charge in [-0.2, -0.15) is 17.6 Å². The lowest BCUT2D eigenvalue weighted by Crippen LogP contribution is -2.29. The highest BCUT2D eigenvalue weighted by Gasteiger charge is 2.44. The molecule has 0 aliphatic carbocycles. The molecule has 1 heterocycles. The van der Waals surface area contributed by atoms with Crippen LogP contribution < -0.4 is 4.74 Å². The van der Waals surface area contributed by atoms with Crippen molar-refractivity contribution in [2.24, 2.45) is 0 Å². The van der Waals surface area contributed by atoms with Gasteiger partial charge in [0.05, 0.1) is 12.8 Å². The van der Waals surface area contributed by atoms with Gasteiger partial charge in [0.2, 0.25) is 0 Å². The number of carbonyl (C=O) groups excluding carboxylic acids is 1. The molecule has 0 atom stereocenters. The van der Waals surface area contributed by atoms with Gasteiger partial charge in [0, 0.05) is 0 Å². The fraction of sp³-hybridized carbons (Fsp3) is 0.400. The molecule has 0 amide bonds. The number of aromatic nitrogens is 1. The highest BCUT2D eigenvalue weighted by atomic mass is 19.3. The number of carbonyl (C=O) groups is 1. The molecule has 0 aliphatic rings. The Morgan fingerprint density at radius 3 is 2.56 bits per heavy atom. The number of hydrogen-bond donors (Lipinski definition) is 0. The molecule has 18 heavy (non-hydrogen) atoms. The first-order valence-corrected chi connectivity index (χ1v) is 4.84. The van der Waals surface area contributed by atoms with Gasteiger partial charge < -0.3 is 9.47 Å². The van der Waals surface area contributed by atoms with Crippen LogP contribution >= 0.6 is 0 Å². The molecule has 1 rings (SSSR count). The van der Waals surface area contributed by atoms with Gasteiger partial charge in [-0.05, 0) is 19.1 Å². The predicted molar refractivity (Wildman–Crippen MR) is 51.4 cm³/mol. The summed E-state index contributed by atoms with van der Waals surface area (Å²) in [7, 11) is 0. The first-order chi connectivity index (χ1) is 8.37. The van der Waals surface area contributed by atoms with E-state index in [0.29, 0.717) is 12.3 Å². The molecule has 0 saturated carbocycles. The van der Waals surface area contributed by atoms with Gasteiger partial charge in [-0.3, -0.25) is 4.98 Å². The molecule has 0 saturated heterocycles. The van der Waals surface area contributed by atoms with E-state index in [1.165, 1.54) is 6.92 Å². The van der Waals surface area contributed by atoms with E-state index >= 15 is 0 Å². The highest BCUT2D eigenvalue weighted by molar-refractivity contribution is 5.78. The van der Waals surface area contributed by atoms with Crippen molar-refractivity contribution in [2.45, 2.75) is 19.5 Å². The summed E-state index contributed by atoms with van der Waals surface area (Å²) < 4.78 is 58.5. The SMILES string of the molecule is CCOC(=O)C(F)(F)c1ccc(OC(F)F)cn1. The van der Waals surface area contributed by atoms with Gasteiger partial charge in [-0.1, -0.05) is 0 Å². The number of nitrogens with zero attached hydrogens (tertiary/aromatic N) is 1. The maximum absolute atomic E-state index is 13.4. The Hall–Kier alpha value is -1.86. The van der Waals surface area contributed by atoms with E-state index in [2.05, 4.69) is 14.5 Å². The smallest absolute Gasteiger partial charge is 0.387 e. The Kier molecular flexibility index (Phi) is 4.46. The number of rotatable bonds is 5. The third-order valence-electron chi connectivity index (χ3n) is 1.82. The van der Waals surface area contributed by atoms with Gasteiger partial charge in [0.15, 0.2) is 0 Å². The maximum Gasteiger partial charge on any atom is 0.387 e. The second-order valence-electron chi connectivity index (χ2n) is 3.05. The van der Waals surface area contributed by atoms with E-state index in [1.54, 1.807) is 0 Å². The van der Waals surface area contributed by atoms with Crippen molar-refractivity contribution in [3.8, 4) is 5.75 Å². The van der Waals surface area contributed by atoms with Crippen LogP contribution in [0.3, 0.4) is 0 Å². The summed E-state index contributed by atoms with van der Waals surface area (Å²) in [5, 5.41) is 0. The van der Waals surface area contributed by atoms with Crippen LogP contribution in [0, 0.1) is 0 Å². The zero-order chi connectivity index (χ0) is 13.8. The quantitative estimate of drug-likeness (QED) is 0.607. The second-order valence-corrected chi connectivity index (χ2v) is 3.05. The first kappa shape index (κ1) is 14.2. The monoisotopic (exact) mass is 267 g/mol. The molecule has 0 aromatic carbocycles. The molecule has 0 radical (unpaired) electrons. The van der Waals surface area contributed by atoms with Crippen LogP contribution in [-0.4, -0.2) is 24.2 Å². The molecule has 1 aromatic rings. The Morgan fingerprint density at radius 2 is 2.11 bits per heavy atom. The standard InChI is InChI=1S/C10H9F4NO3/c1-2-17-8(16)10(13,14)7-4-3-6(5-15-7)18-9(11)12/h3-5,9H,2H2,1H3. The number of halogens is 4. The van der Waals surface area contributed by atoms with Gasteiger partial charge in [0.25, 0.3) is 0 Å². The van der Waals surface area contributed by atoms with Crippen molar-refractivity contribution in [1.82, 2.24) is 4.98 Å². The summed E-state index contributed by atoms with van der Waals surface area (Å²) in [6, 6.07) is 1.58. The van der Waals surface area contributed by atoms with E-state index in [1.807, 2.05) is 0 Å². The zero-order valence-corrected chi connectivity index (χ0v) is 9.20. The molecule has 8 heteroatoms. The fourth-order valence-corrected chi connectivity index (χ4v) is 1.06. The lowest BCUT2D eigenvalue weighted by Gasteiger charge is -2.14. The molecule has 0 spiro atoms. The zero-order valence-electron chi connectivity index (χ0n) is 9.20. The molecular formula is C10H9F4NO3. The van der Waals surface area contributed by atoms with E-state index in [4.69, 9.17) is 0 Å². The van der Waals surface area contributed by atoms with E-state index in [0.717, 1.165) is 6.07 Å². The van der Waals surface area contributed by atoms with Gasteiger partial charge in [0.1, 0.15) is 11.4 Å². The molecule has 0 N–H and O–H groups in total. The van der Waals surface area contributed by atoms with Crippen molar-refractivity contribution >= 4 is 5.97 Å². The van der Waals surface area contributed by atoms with Crippen LogP contribution in [0.2, 0.25) is 0 Å². The Morgan fingerprint density at radius 1 is 1.44 bits per heavy atom. The minimum absolute atomic E-state index is 0.207. The number of pyridine rings is 1. The summed E-state index contributed by atoms with van der Waals surface area (Å²) in [4.78, 5) is 14.2. The lowest BCUT2D eigenvalue weighted by atomic mass is 10.2. The largest absolute Gasteiger partial charge is 0.461 e. The summed E-state index contributed by atoms with van der Waals surface area (Å²) in [6.45, 7) is -1.91. The van der Waals surface area contributed by atoms with E-state index in [-0.39, 0.29) is 12.4 Å². The number of alkyl halides is 4. The van der Waals surface area contributed by atoms with Crippen molar-refractivity contribution in [3.05, 3.63) is 24.0 Å². The van der Waals surface area contributed by atoms with Crippen LogP contribution in [0.25, 0.3) is 0 Å². The second kappa shape index (κ2) is 5.65. The van der Waals surface area contributed by atoms with Crippen LogP contribution in [0.4, 0.5) is 17.6 Å². The average molecular weight is 267 g/mol. The van der Waals surface area contributed by atoms with Crippen molar-refractivity contribution in [3.63, 3.8) is 0 Å². The lowest BCUT2D eigenvalue weighted by molar-refractivity contribution is -0.173. The summed E-state index contributed by atoms with van der Waals surface area (Å²) in [6.07, 6.45) is 0.675. The minimum atomic E-state index is -3.93. The van der Waals surface area contributed by atoms with Crippen LogP contribution in [0.5, 0.6) is 5.75 Å². The minimum Gasteiger partial charge on any atom is -0.461 e. The molecule has 100 valence electrons. The van der Waals surface area contributed by atoms with Crippen LogP contribution in [0.1, 0.15) is 12.6 Å². The summed E-state index contributed by atoms with van der Waals surface area (Å²) >= 11 is 0. The number of hydrogen-bond acceptors (Lipinski definition) is 4. The highest BCUT2D eigenvalue weighted by Crippen LogP contribution is 2.28. The average Bonchev–Trinajstić information content (AvgIpc) is 2.29. The van der Waals surface area contributed by atoms with E-state index in [9.17, 15) is 22.4 Å². The van der Waals surface area contributed by atoms with Gasteiger partial charge >= 0.3 is 18.5 Å². The van der Waals surface area contributed by atoms with Crippen molar-refractivity contribution in [2.75, 3.05) is 6.61 Å². The molecule has 0 bridgehead atoms. The molecule has 4 nitrogen and oxygen atoms in total. The normalized spacial score (nSPS) is 11.4. The Labute approximate surface area is 99.5 Å². The molecule has 0 unspecified atom stereocenters. The first-order valence-electron chi connectivity index (χ1n) is 4.84. The van der Waals surface area contributed by atoms with Crippen molar-refractivity contribution in [1.29, 1.82) is 0 Å². The van der Waals surface area contributed by atoms with Gasteiger partial charge in [-0.25, -0.2) is 4.79 Å². The molecular weight excluding hydrogens is 258 g/mol. The van der Waals surface area contributed by atoms with Crippen LogP contribution in [0.15, 0.2) is 18.3 Å². The van der Waals surface area contributed by atoms with Gasteiger partial charge in [-0.15, -0.1) is 0 Å². The molecule has 0 fully saturated rings. The number of esters is 1. The third-order valence-corrected chi connectivity index (χ3v) is 1.82. The molecule has 1 aromatic heterocycles. The van der Waals surface area contributed by atoms with E-state index < -0.39 is 24.2 Å². The fourth-order valence-electron chi connectivity index (χ4n) is 1.06. The summed E-state index contributed by atoms with van der Waals surface area (Å²) in [5.74, 6) is -6.06. The number of ether oxygens (including phenoxy) is 2. The third kappa shape index (κ3) is 3.31.